The van der Waals surface area contributed by atoms with Gasteiger partial charge in [0, 0.05) is 6.20 Å². The molecular weight excluding hydrogens is 138 g/mol. The molecule has 0 amide bonds. The van der Waals surface area contributed by atoms with Gasteiger partial charge < -0.3 is 0 Å². The van der Waals surface area contributed by atoms with Crippen molar-refractivity contribution in [2.75, 3.05) is 0 Å². The summed E-state index contributed by atoms with van der Waals surface area (Å²) >= 11 is 6.41. The molecule has 0 aliphatic carbocycles. The van der Waals surface area contributed by atoms with Crippen molar-refractivity contribution in [2.24, 2.45) is 0 Å². The van der Waals surface area contributed by atoms with Gasteiger partial charge in [-0.1, -0.05) is 12.2 Å². The first-order chi connectivity index (χ1) is 3.79. The normalized spacial score (nSPS) is 9.12. The topological polar surface area (TPSA) is 12.9 Å². The van der Waals surface area contributed by atoms with Crippen LogP contribution in [0.15, 0.2) is 12.3 Å². The Bertz CT molecular complexity index is 228. The first kappa shape index (κ1) is 5.85. The Hall–Kier alpha value is -0.280. The molecule has 1 heterocycles. The molecule has 0 saturated heterocycles. The van der Waals surface area contributed by atoms with Crippen LogP contribution in [-0.4, -0.2) is 4.98 Å². The van der Waals surface area contributed by atoms with Crippen molar-refractivity contribution in [1.29, 1.82) is 0 Å². The summed E-state index contributed by atoms with van der Waals surface area (Å²) in [6.07, 6.45) is 1.73. The van der Waals surface area contributed by atoms with Gasteiger partial charge in [-0.25, -0.2) is 0 Å². The monoisotopic (exact) mass is 143 g/mol. The Labute approximate surface area is 57.0 Å². The third-order valence-electron chi connectivity index (χ3n) is 0.715. The maximum absolute atomic E-state index is 4.88. The Morgan fingerprint density at radius 2 is 2.50 bits per heavy atom. The van der Waals surface area contributed by atoms with E-state index in [9.17, 15) is 0 Å². The van der Waals surface area contributed by atoms with Gasteiger partial charge in [0.1, 0.15) is 0 Å². The van der Waals surface area contributed by atoms with Gasteiger partial charge >= 0.3 is 0 Å². The van der Waals surface area contributed by atoms with E-state index >= 15 is 0 Å². The summed E-state index contributed by atoms with van der Waals surface area (Å²) in [4.78, 5) is 3.99. The van der Waals surface area contributed by atoms with E-state index in [1.54, 1.807) is 6.20 Å². The quantitative estimate of drug-likeness (QED) is 0.516. The number of hydrogen-bond acceptors (Lipinski definition) is 3. The minimum absolute atomic E-state index is 0.900. The second kappa shape index (κ2) is 2.33. The third-order valence-corrected chi connectivity index (χ3v) is 1.84. The van der Waals surface area contributed by atoms with E-state index < -0.39 is 0 Å². The second-order valence-corrected chi connectivity index (χ2v) is 3.32. The third kappa shape index (κ3) is 1.35. The lowest BCUT2D eigenvalue weighted by atomic mass is 10.7. The molecule has 0 aromatic carbocycles. The fraction of sp³-hybridized carbons (Fsp3) is 0.200. The first-order valence-corrected chi connectivity index (χ1v) is 3.44. The number of hydrogen-bond donors (Lipinski definition) is 0. The van der Waals surface area contributed by atoms with E-state index in [2.05, 4.69) is 4.98 Å². The minimum atomic E-state index is 0.900. The van der Waals surface area contributed by atoms with Gasteiger partial charge in [-0.15, -0.1) is 11.3 Å². The molecular formula is C5H5NS2. The highest BCUT2D eigenvalue weighted by molar-refractivity contribution is 7.73. The predicted octanol–water partition coefficient (Wildman–Crippen LogP) is 2.18. The molecule has 0 N–H and O–H groups in total. The Morgan fingerprint density at radius 1 is 1.75 bits per heavy atom. The highest BCUT2D eigenvalue weighted by atomic mass is 32.1. The van der Waals surface area contributed by atoms with Crippen LogP contribution in [0.1, 0.15) is 5.01 Å². The summed E-state index contributed by atoms with van der Waals surface area (Å²) in [6.45, 7) is 1.94. The SMILES string of the molecule is Cc1nccc(=S)s1. The van der Waals surface area contributed by atoms with Crippen molar-refractivity contribution in [1.82, 2.24) is 4.98 Å². The lowest BCUT2D eigenvalue weighted by Gasteiger charge is -1.82. The number of aromatic nitrogens is 1. The van der Waals surface area contributed by atoms with Crippen LogP contribution >= 0.6 is 23.6 Å². The minimum Gasteiger partial charge on any atom is -0.251 e. The van der Waals surface area contributed by atoms with Gasteiger partial charge in [-0.05, 0) is 13.0 Å². The van der Waals surface area contributed by atoms with E-state index in [0.717, 1.165) is 8.83 Å². The predicted molar refractivity (Wildman–Crippen MR) is 37.7 cm³/mol. The highest BCUT2D eigenvalue weighted by Gasteiger charge is 1.80. The van der Waals surface area contributed by atoms with Gasteiger partial charge in [0.05, 0.1) is 8.83 Å². The zero-order valence-corrected chi connectivity index (χ0v) is 6.05. The molecule has 0 atom stereocenters. The van der Waals surface area contributed by atoms with Crippen molar-refractivity contribution in [2.45, 2.75) is 6.92 Å². The van der Waals surface area contributed by atoms with Crippen LogP contribution in [0.5, 0.6) is 0 Å². The van der Waals surface area contributed by atoms with Crippen LogP contribution in [-0.2, 0) is 0 Å². The van der Waals surface area contributed by atoms with Crippen LogP contribution < -0.4 is 0 Å². The van der Waals surface area contributed by atoms with Crippen LogP contribution in [0.4, 0.5) is 0 Å². The molecule has 3 heteroatoms. The fourth-order valence-electron chi connectivity index (χ4n) is 0.409. The standard InChI is InChI=1S/C5H5NS2/c1-4-6-3-2-5(7)8-4/h2-3H,1H3. The van der Waals surface area contributed by atoms with Gasteiger partial charge in [0.2, 0.25) is 0 Å². The van der Waals surface area contributed by atoms with E-state index in [4.69, 9.17) is 12.2 Å². The molecule has 0 spiro atoms. The number of aryl methyl sites for hydroxylation is 1. The molecule has 0 aliphatic heterocycles. The largest absolute Gasteiger partial charge is 0.251 e. The van der Waals surface area contributed by atoms with Crippen molar-refractivity contribution in [3.05, 3.63) is 21.1 Å². The van der Waals surface area contributed by atoms with Gasteiger partial charge in [-0.2, -0.15) is 0 Å². The molecule has 1 aromatic heterocycles. The summed E-state index contributed by atoms with van der Waals surface area (Å²) in [6, 6.07) is 1.83. The second-order valence-electron chi connectivity index (χ2n) is 1.38. The first-order valence-electron chi connectivity index (χ1n) is 2.22. The van der Waals surface area contributed by atoms with Crippen molar-refractivity contribution < 1.29 is 0 Å². The maximum atomic E-state index is 4.88. The summed E-state index contributed by atoms with van der Waals surface area (Å²) in [5.41, 5.74) is 0. The Balaban J connectivity index is 3.28. The van der Waals surface area contributed by atoms with Crippen LogP contribution in [0.3, 0.4) is 0 Å². The zero-order valence-electron chi connectivity index (χ0n) is 4.42. The summed E-state index contributed by atoms with van der Waals surface area (Å²) < 4.78 is 0.900. The lowest BCUT2D eigenvalue weighted by molar-refractivity contribution is 1.27. The number of nitrogens with zero attached hydrogens (tertiary/aromatic N) is 1. The molecule has 0 bridgehead atoms. The average molecular weight is 143 g/mol. The molecule has 0 aliphatic rings. The van der Waals surface area contributed by atoms with E-state index in [-0.39, 0.29) is 0 Å². The van der Waals surface area contributed by atoms with Gasteiger partial charge in [0.25, 0.3) is 0 Å². The lowest BCUT2D eigenvalue weighted by Crippen LogP contribution is -1.70. The maximum Gasteiger partial charge on any atom is 0.0933 e. The van der Waals surface area contributed by atoms with Crippen molar-refractivity contribution in [3.63, 3.8) is 0 Å². The summed E-state index contributed by atoms with van der Waals surface area (Å²) in [7, 11) is 0. The van der Waals surface area contributed by atoms with Crippen molar-refractivity contribution in [3.8, 4) is 0 Å². The molecule has 0 fully saturated rings. The summed E-state index contributed by atoms with van der Waals surface area (Å²) in [5.74, 6) is 0. The van der Waals surface area contributed by atoms with Gasteiger partial charge in [0.15, 0.2) is 0 Å². The smallest absolute Gasteiger partial charge is 0.0933 e. The molecule has 1 rings (SSSR count). The molecule has 1 nitrogen and oxygen atoms in total. The molecule has 0 saturated carbocycles. The fourth-order valence-corrected chi connectivity index (χ4v) is 1.37. The average Bonchev–Trinajstić information content (AvgIpc) is 1.64. The van der Waals surface area contributed by atoms with E-state index in [1.165, 1.54) is 11.3 Å². The Morgan fingerprint density at radius 3 is 2.88 bits per heavy atom. The zero-order chi connectivity index (χ0) is 5.98. The molecule has 0 unspecified atom stereocenters. The van der Waals surface area contributed by atoms with Crippen molar-refractivity contribution >= 4 is 23.6 Å². The van der Waals surface area contributed by atoms with Crippen LogP contribution in [0, 0.1) is 10.7 Å². The molecule has 1 aromatic rings. The molecule has 42 valence electrons. The molecule has 0 radical (unpaired) electrons. The highest BCUT2D eigenvalue weighted by Crippen LogP contribution is 2.01. The van der Waals surface area contributed by atoms with Crippen LogP contribution in [0.25, 0.3) is 0 Å². The molecule has 8 heavy (non-hydrogen) atoms. The van der Waals surface area contributed by atoms with E-state index in [1.807, 2.05) is 13.0 Å². The Kier molecular flexibility index (Phi) is 1.70. The van der Waals surface area contributed by atoms with E-state index in [0.29, 0.717) is 0 Å². The van der Waals surface area contributed by atoms with Crippen LogP contribution in [0.2, 0.25) is 0 Å². The summed E-state index contributed by atoms with van der Waals surface area (Å²) in [5, 5.41) is 1.03. The number of rotatable bonds is 0. The van der Waals surface area contributed by atoms with Gasteiger partial charge in [-0.3, -0.25) is 4.98 Å².